The number of hydrogen-bond donors (Lipinski definition) is 0. The zero-order valence-electron chi connectivity index (χ0n) is 19.0. The lowest BCUT2D eigenvalue weighted by Crippen LogP contribution is -2.40. The quantitative estimate of drug-likeness (QED) is 0.501. The van der Waals surface area contributed by atoms with Crippen molar-refractivity contribution in [2.75, 3.05) is 24.6 Å². The molecular formula is C22H18F6N2O6S2. The van der Waals surface area contributed by atoms with Crippen LogP contribution in [0.15, 0.2) is 48.5 Å². The van der Waals surface area contributed by atoms with Crippen LogP contribution in [0, 0.1) is 0 Å². The second-order valence-corrected chi connectivity index (χ2v) is 12.9. The van der Waals surface area contributed by atoms with Gasteiger partial charge in [-0.15, -0.1) is 0 Å². The Bertz CT molecular complexity index is 1390. The molecule has 16 heteroatoms. The van der Waals surface area contributed by atoms with E-state index in [0.29, 0.717) is 34.1 Å². The number of carbonyl (C=O) groups is 2. The first kappa shape index (κ1) is 27.9. The minimum Gasteiger partial charge on any atom is -0.319 e. The van der Waals surface area contributed by atoms with Crippen molar-refractivity contribution in [2.24, 2.45) is 0 Å². The number of rotatable bonds is 5. The summed E-state index contributed by atoms with van der Waals surface area (Å²) in [5.74, 6) is -4.04. The Morgan fingerprint density at radius 3 is 1.32 bits per heavy atom. The van der Waals surface area contributed by atoms with Gasteiger partial charge in [-0.05, 0) is 35.4 Å². The Kier molecular flexibility index (Phi) is 6.79. The van der Waals surface area contributed by atoms with Crippen molar-refractivity contribution in [1.82, 2.24) is 9.80 Å². The molecule has 38 heavy (non-hydrogen) atoms. The number of alkyl halides is 6. The van der Waals surface area contributed by atoms with E-state index in [9.17, 15) is 52.8 Å². The molecule has 2 aliphatic heterocycles. The molecule has 2 amide bonds. The Hall–Kier alpha value is -3.14. The predicted octanol–water partition coefficient (Wildman–Crippen LogP) is 2.94. The maximum absolute atomic E-state index is 13.2. The first-order valence-electron chi connectivity index (χ1n) is 10.8. The summed E-state index contributed by atoms with van der Waals surface area (Å²) < 4.78 is 130. The smallest absolute Gasteiger partial charge is 0.319 e. The van der Waals surface area contributed by atoms with Gasteiger partial charge in [0.05, 0.1) is 11.1 Å². The molecule has 4 rings (SSSR count). The lowest BCUT2D eigenvalue weighted by Gasteiger charge is -2.29. The molecular weight excluding hydrogens is 566 g/mol. The molecule has 0 aliphatic carbocycles. The molecule has 0 bridgehead atoms. The average molecular weight is 585 g/mol. The van der Waals surface area contributed by atoms with E-state index in [1.807, 2.05) is 0 Å². The number of hydrogen-bond acceptors (Lipinski definition) is 6. The Balaban J connectivity index is 1.67. The second kappa shape index (κ2) is 9.25. The van der Waals surface area contributed by atoms with Gasteiger partial charge in [0.25, 0.3) is 0 Å². The predicted molar refractivity (Wildman–Crippen MR) is 119 cm³/mol. The third kappa shape index (κ3) is 5.23. The number of sulfone groups is 2. The van der Waals surface area contributed by atoms with Crippen LogP contribution in [0.5, 0.6) is 0 Å². The summed E-state index contributed by atoms with van der Waals surface area (Å²) in [7, 11) is -8.62. The third-order valence-corrected chi connectivity index (χ3v) is 9.83. The summed E-state index contributed by atoms with van der Waals surface area (Å²) in [5.41, 5.74) is -3.04. The normalized spacial score (nSPS) is 23.3. The number of halogens is 6. The van der Waals surface area contributed by atoms with Gasteiger partial charge in [-0.2, -0.15) is 26.3 Å². The standard InChI is InChI=1S/C22H18F6N2O6S2/c23-21(24,25)15-5-1-3-13(9-15)19-29(17(31)11-37(19,33)34)7-8-30-18(32)12-38(35,36)20(30)14-4-2-6-16(10-14)22(26,27)28/h1-6,9-10,19-20H,7-8,11-12H2/t19-,20+. The van der Waals surface area contributed by atoms with Gasteiger partial charge in [-0.3, -0.25) is 9.59 Å². The Morgan fingerprint density at radius 2 is 1.00 bits per heavy atom. The van der Waals surface area contributed by atoms with E-state index in [1.54, 1.807) is 0 Å². The number of nitrogens with zero attached hydrogens (tertiary/aromatic N) is 2. The van der Waals surface area contributed by atoms with Gasteiger partial charge < -0.3 is 9.80 Å². The monoisotopic (exact) mass is 584 g/mol. The summed E-state index contributed by atoms with van der Waals surface area (Å²) in [5, 5.41) is -3.67. The van der Waals surface area contributed by atoms with Crippen LogP contribution in [0.25, 0.3) is 0 Å². The van der Waals surface area contributed by atoms with Crippen LogP contribution >= 0.6 is 0 Å². The molecule has 0 saturated carbocycles. The van der Waals surface area contributed by atoms with E-state index >= 15 is 0 Å². The molecule has 2 fully saturated rings. The molecule has 8 nitrogen and oxygen atoms in total. The van der Waals surface area contributed by atoms with Crippen molar-refractivity contribution in [1.29, 1.82) is 0 Å². The average Bonchev–Trinajstić information content (AvgIpc) is 3.16. The van der Waals surface area contributed by atoms with Crippen LogP contribution in [0.3, 0.4) is 0 Å². The Labute approximate surface area is 212 Å². The highest BCUT2D eigenvalue weighted by molar-refractivity contribution is 7.93. The minimum absolute atomic E-state index is 0.361. The first-order chi connectivity index (χ1) is 17.4. The summed E-state index contributed by atoms with van der Waals surface area (Å²) in [6, 6.07) is 6.68. The third-order valence-electron chi connectivity index (χ3n) is 6.12. The Morgan fingerprint density at radius 1 is 0.658 bits per heavy atom. The van der Waals surface area contributed by atoms with E-state index in [4.69, 9.17) is 0 Å². The minimum atomic E-state index is -4.80. The zero-order chi connectivity index (χ0) is 28.3. The van der Waals surface area contributed by atoms with Crippen LogP contribution in [-0.2, 0) is 41.6 Å². The van der Waals surface area contributed by atoms with Crippen molar-refractivity contribution in [3.63, 3.8) is 0 Å². The van der Waals surface area contributed by atoms with Gasteiger partial charge in [0.1, 0.15) is 11.5 Å². The van der Waals surface area contributed by atoms with Crippen molar-refractivity contribution < 1.29 is 52.8 Å². The van der Waals surface area contributed by atoms with E-state index < -0.39 is 90.3 Å². The molecule has 2 aliphatic rings. The largest absolute Gasteiger partial charge is 0.416 e. The van der Waals surface area contributed by atoms with E-state index in [2.05, 4.69) is 0 Å². The molecule has 0 unspecified atom stereocenters. The molecule has 2 aromatic rings. The fraction of sp³-hybridized carbons (Fsp3) is 0.364. The lowest BCUT2D eigenvalue weighted by atomic mass is 10.1. The second-order valence-electron chi connectivity index (χ2n) is 8.74. The maximum atomic E-state index is 13.2. The highest BCUT2D eigenvalue weighted by atomic mass is 32.2. The molecule has 2 atom stereocenters. The molecule has 2 aromatic carbocycles. The molecule has 0 spiro atoms. The SMILES string of the molecule is O=C1CS(=O)(=O)[C@H](c2cccc(C(F)(F)F)c2)N1CCN1C(=O)CS(=O)(=O)[C@H]1c1cccc(C(F)(F)F)c1. The summed E-state index contributed by atoms with van der Waals surface area (Å²) in [4.78, 5) is 26.5. The molecule has 0 N–H and O–H groups in total. The fourth-order valence-corrected chi connectivity index (χ4v) is 8.21. The van der Waals surface area contributed by atoms with Crippen molar-refractivity contribution in [2.45, 2.75) is 23.1 Å². The molecule has 2 heterocycles. The van der Waals surface area contributed by atoms with Gasteiger partial charge in [-0.25, -0.2) is 16.8 Å². The van der Waals surface area contributed by atoms with E-state index in [-0.39, 0.29) is 11.1 Å². The number of benzene rings is 2. The maximum Gasteiger partial charge on any atom is 0.416 e. The van der Waals surface area contributed by atoms with Crippen LogP contribution in [0.1, 0.15) is 33.0 Å². The van der Waals surface area contributed by atoms with E-state index in [1.165, 1.54) is 0 Å². The molecule has 0 radical (unpaired) electrons. The lowest BCUT2D eigenvalue weighted by molar-refractivity contribution is -0.138. The number of amides is 2. The van der Waals surface area contributed by atoms with Gasteiger partial charge in [0.15, 0.2) is 30.4 Å². The number of carbonyl (C=O) groups excluding carboxylic acids is 2. The van der Waals surface area contributed by atoms with Crippen LogP contribution < -0.4 is 0 Å². The summed E-state index contributed by atoms with van der Waals surface area (Å²) in [6.45, 7) is -1.20. The van der Waals surface area contributed by atoms with Crippen molar-refractivity contribution in [3.8, 4) is 0 Å². The van der Waals surface area contributed by atoms with Gasteiger partial charge >= 0.3 is 12.4 Å². The van der Waals surface area contributed by atoms with Crippen LogP contribution in [0.4, 0.5) is 26.3 Å². The summed E-state index contributed by atoms with van der Waals surface area (Å²) >= 11 is 0. The van der Waals surface area contributed by atoms with Crippen molar-refractivity contribution >= 4 is 31.5 Å². The molecule has 2 saturated heterocycles. The molecule has 0 aromatic heterocycles. The fourth-order valence-electron chi connectivity index (χ4n) is 4.53. The van der Waals surface area contributed by atoms with Crippen LogP contribution in [0.2, 0.25) is 0 Å². The topological polar surface area (TPSA) is 109 Å². The van der Waals surface area contributed by atoms with Gasteiger partial charge in [0.2, 0.25) is 11.8 Å². The zero-order valence-corrected chi connectivity index (χ0v) is 20.7. The first-order valence-corrected chi connectivity index (χ1v) is 14.2. The summed E-state index contributed by atoms with van der Waals surface area (Å²) in [6.07, 6.45) is -9.61. The van der Waals surface area contributed by atoms with Gasteiger partial charge in [-0.1, -0.05) is 24.3 Å². The highest BCUT2D eigenvalue weighted by Crippen LogP contribution is 2.39. The molecule has 206 valence electrons. The van der Waals surface area contributed by atoms with Gasteiger partial charge in [0, 0.05) is 13.1 Å². The van der Waals surface area contributed by atoms with E-state index in [0.717, 1.165) is 24.3 Å². The van der Waals surface area contributed by atoms with Crippen molar-refractivity contribution in [3.05, 3.63) is 70.8 Å². The highest BCUT2D eigenvalue weighted by Gasteiger charge is 2.49. The van der Waals surface area contributed by atoms with Crippen LogP contribution in [-0.4, -0.2) is 63.0 Å².